The Morgan fingerprint density at radius 3 is 2.47 bits per heavy atom. The van der Waals surface area contributed by atoms with Crippen molar-refractivity contribution in [2.45, 2.75) is 0 Å². The number of hydrogen-bond acceptors (Lipinski definition) is 4. The summed E-state index contributed by atoms with van der Waals surface area (Å²) in [7, 11) is 0. The first-order valence-electron chi connectivity index (χ1n) is 5.14. The summed E-state index contributed by atoms with van der Waals surface area (Å²) in [4.78, 5) is 10.1. The minimum absolute atomic E-state index is 0.109. The van der Waals surface area contributed by atoms with Gasteiger partial charge in [0.2, 0.25) is 0 Å². The van der Waals surface area contributed by atoms with Crippen molar-refractivity contribution in [3.63, 3.8) is 0 Å². The maximum absolute atomic E-state index is 10.6. The van der Waals surface area contributed by atoms with Gasteiger partial charge in [0.05, 0.1) is 15.6 Å². The molecule has 2 N–H and O–H groups in total. The minimum Gasteiger partial charge on any atom is -0.454 e. The molecule has 0 saturated heterocycles. The summed E-state index contributed by atoms with van der Waals surface area (Å²) in [5.41, 5.74) is 5.72. The molecule has 0 saturated carbocycles. The molecule has 5 nitrogen and oxygen atoms in total. The van der Waals surface area contributed by atoms with Gasteiger partial charge in [0.1, 0.15) is 5.75 Å². The molecule has 0 amide bonds. The van der Waals surface area contributed by atoms with Crippen LogP contribution in [-0.2, 0) is 0 Å². The molecule has 7 heteroatoms. The standard InChI is InChI=1S/C12H8Cl2N2O3/c13-7-1-3-9(14)12(5-7)19-11-4-2-8(16(17)18)6-10(11)15/h1-6H,15H2. The zero-order valence-corrected chi connectivity index (χ0v) is 11.0. The third kappa shape index (κ3) is 3.07. The van der Waals surface area contributed by atoms with Crippen LogP contribution in [0.5, 0.6) is 11.5 Å². The number of non-ortho nitro benzene ring substituents is 1. The Bertz CT molecular complexity index is 647. The van der Waals surface area contributed by atoms with E-state index in [-0.39, 0.29) is 17.1 Å². The largest absolute Gasteiger partial charge is 0.454 e. The van der Waals surface area contributed by atoms with Crippen LogP contribution in [-0.4, -0.2) is 4.92 Å². The predicted molar refractivity (Wildman–Crippen MR) is 74.0 cm³/mol. The molecule has 0 bridgehead atoms. The summed E-state index contributed by atoms with van der Waals surface area (Å²) in [5.74, 6) is 0.601. The summed E-state index contributed by atoms with van der Waals surface area (Å²) in [6.45, 7) is 0. The molecule has 0 aromatic heterocycles. The molecule has 2 rings (SSSR count). The van der Waals surface area contributed by atoms with Crippen LogP contribution in [0, 0.1) is 10.1 Å². The minimum atomic E-state index is -0.535. The molecule has 0 unspecified atom stereocenters. The van der Waals surface area contributed by atoms with Crippen molar-refractivity contribution in [2.24, 2.45) is 0 Å². The number of rotatable bonds is 3. The highest BCUT2D eigenvalue weighted by Crippen LogP contribution is 2.35. The average molecular weight is 299 g/mol. The van der Waals surface area contributed by atoms with Crippen LogP contribution < -0.4 is 10.5 Å². The van der Waals surface area contributed by atoms with Gasteiger partial charge in [-0.05, 0) is 18.2 Å². The lowest BCUT2D eigenvalue weighted by molar-refractivity contribution is -0.384. The molecule has 19 heavy (non-hydrogen) atoms. The highest BCUT2D eigenvalue weighted by molar-refractivity contribution is 6.34. The van der Waals surface area contributed by atoms with E-state index in [9.17, 15) is 10.1 Å². The topological polar surface area (TPSA) is 78.4 Å². The van der Waals surface area contributed by atoms with Gasteiger partial charge in [-0.1, -0.05) is 23.2 Å². The van der Waals surface area contributed by atoms with E-state index in [1.54, 1.807) is 12.1 Å². The summed E-state index contributed by atoms with van der Waals surface area (Å²) >= 11 is 11.8. The number of halogens is 2. The fourth-order valence-corrected chi connectivity index (χ4v) is 1.73. The number of nitro benzene ring substituents is 1. The molecule has 0 aliphatic heterocycles. The molecule has 0 aliphatic rings. The van der Waals surface area contributed by atoms with Gasteiger partial charge < -0.3 is 10.5 Å². The number of ether oxygens (including phenoxy) is 1. The van der Waals surface area contributed by atoms with Crippen molar-refractivity contribution in [1.29, 1.82) is 0 Å². The maximum atomic E-state index is 10.6. The molecular weight excluding hydrogens is 291 g/mol. The van der Waals surface area contributed by atoms with Gasteiger partial charge in [0.15, 0.2) is 5.75 Å². The highest BCUT2D eigenvalue weighted by Gasteiger charge is 2.11. The molecule has 0 atom stereocenters. The van der Waals surface area contributed by atoms with Gasteiger partial charge in [0.25, 0.3) is 5.69 Å². The van der Waals surface area contributed by atoms with E-state index in [4.69, 9.17) is 33.7 Å². The Morgan fingerprint density at radius 1 is 1.11 bits per heavy atom. The van der Waals surface area contributed by atoms with E-state index in [0.717, 1.165) is 0 Å². The first-order valence-corrected chi connectivity index (χ1v) is 5.90. The van der Waals surface area contributed by atoms with Gasteiger partial charge in [-0.2, -0.15) is 0 Å². The normalized spacial score (nSPS) is 10.2. The summed E-state index contributed by atoms with van der Waals surface area (Å²) in [6, 6.07) is 8.66. The molecule has 98 valence electrons. The number of nitrogen functional groups attached to an aromatic ring is 1. The van der Waals surface area contributed by atoms with Crippen molar-refractivity contribution >= 4 is 34.6 Å². The Morgan fingerprint density at radius 2 is 1.84 bits per heavy atom. The van der Waals surface area contributed by atoms with Gasteiger partial charge in [-0.15, -0.1) is 0 Å². The molecule has 0 aliphatic carbocycles. The second-order valence-corrected chi connectivity index (χ2v) is 4.50. The second-order valence-electron chi connectivity index (χ2n) is 3.66. The first-order chi connectivity index (χ1) is 8.97. The summed E-state index contributed by atoms with van der Waals surface area (Å²) in [6.07, 6.45) is 0. The molecule has 0 radical (unpaired) electrons. The molecule has 0 heterocycles. The van der Waals surface area contributed by atoms with E-state index in [1.807, 2.05) is 0 Å². The number of nitrogens with two attached hydrogens (primary N) is 1. The third-order valence-electron chi connectivity index (χ3n) is 2.32. The van der Waals surface area contributed by atoms with Crippen LogP contribution in [0.3, 0.4) is 0 Å². The van der Waals surface area contributed by atoms with Crippen LogP contribution >= 0.6 is 23.2 Å². The third-order valence-corrected chi connectivity index (χ3v) is 2.86. The summed E-state index contributed by atoms with van der Waals surface area (Å²) < 4.78 is 5.49. The van der Waals surface area contributed by atoms with Crippen LogP contribution in [0.15, 0.2) is 36.4 Å². The van der Waals surface area contributed by atoms with E-state index >= 15 is 0 Å². The van der Waals surface area contributed by atoms with E-state index in [2.05, 4.69) is 0 Å². The van der Waals surface area contributed by atoms with Gasteiger partial charge in [0, 0.05) is 23.2 Å². The maximum Gasteiger partial charge on any atom is 0.271 e. The second kappa shape index (κ2) is 5.34. The number of nitrogens with zero attached hydrogens (tertiary/aromatic N) is 1. The Labute approximate surface area is 118 Å². The molecule has 2 aromatic rings. The van der Waals surface area contributed by atoms with Crippen LogP contribution in [0.1, 0.15) is 0 Å². The lowest BCUT2D eigenvalue weighted by Crippen LogP contribution is -1.95. The SMILES string of the molecule is Nc1cc([N+](=O)[O-])ccc1Oc1cc(Cl)ccc1Cl. The monoisotopic (exact) mass is 298 g/mol. The molecule has 0 spiro atoms. The number of anilines is 1. The lowest BCUT2D eigenvalue weighted by atomic mass is 10.2. The molecule has 0 fully saturated rings. The van der Waals surface area contributed by atoms with Crippen molar-refractivity contribution in [3.05, 3.63) is 56.6 Å². The Kier molecular flexibility index (Phi) is 3.78. The van der Waals surface area contributed by atoms with Crippen LogP contribution in [0.4, 0.5) is 11.4 Å². The van der Waals surface area contributed by atoms with Crippen molar-refractivity contribution < 1.29 is 9.66 Å². The Balaban J connectivity index is 2.33. The van der Waals surface area contributed by atoms with Crippen LogP contribution in [0.25, 0.3) is 0 Å². The van der Waals surface area contributed by atoms with Crippen molar-refractivity contribution in [3.8, 4) is 11.5 Å². The number of nitro groups is 1. The highest BCUT2D eigenvalue weighted by atomic mass is 35.5. The zero-order valence-electron chi connectivity index (χ0n) is 9.47. The van der Waals surface area contributed by atoms with Crippen molar-refractivity contribution in [2.75, 3.05) is 5.73 Å². The van der Waals surface area contributed by atoms with Crippen LogP contribution in [0.2, 0.25) is 10.0 Å². The fourth-order valence-electron chi connectivity index (χ4n) is 1.42. The fraction of sp³-hybridized carbons (Fsp3) is 0. The molecular formula is C12H8Cl2N2O3. The Hall–Kier alpha value is -1.98. The van der Waals surface area contributed by atoms with Gasteiger partial charge >= 0.3 is 0 Å². The number of hydrogen-bond donors (Lipinski definition) is 1. The predicted octanol–water partition coefficient (Wildman–Crippen LogP) is 4.28. The van der Waals surface area contributed by atoms with E-state index in [0.29, 0.717) is 15.8 Å². The smallest absolute Gasteiger partial charge is 0.271 e. The zero-order chi connectivity index (χ0) is 14.0. The quantitative estimate of drug-likeness (QED) is 0.521. The van der Waals surface area contributed by atoms with Crippen molar-refractivity contribution in [1.82, 2.24) is 0 Å². The van der Waals surface area contributed by atoms with E-state index < -0.39 is 4.92 Å². The summed E-state index contributed by atoms with van der Waals surface area (Å²) in [5, 5.41) is 11.4. The molecule has 2 aromatic carbocycles. The average Bonchev–Trinajstić information content (AvgIpc) is 2.36. The van der Waals surface area contributed by atoms with Gasteiger partial charge in [-0.25, -0.2) is 0 Å². The number of benzene rings is 2. The lowest BCUT2D eigenvalue weighted by Gasteiger charge is -2.09. The van der Waals surface area contributed by atoms with Gasteiger partial charge in [-0.3, -0.25) is 10.1 Å². The first kappa shape index (κ1) is 13.5. The van der Waals surface area contributed by atoms with E-state index in [1.165, 1.54) is 24.3 Å².